The van der Waals surface area contributed by atoms with E-state index in [4.69, 9.17) is 4.42 Å². The highest BCUT2D eigenvalue weighted by Gasteiger charge is 2.09. The van der Waals surface area contributed by atoms with Crippen molar-refractivity contribution in [1.29, 1.82) is 0 Å². The average Bonchev–Trinajstić information content (AvgIpc) is 3.01. The van der Waals surface area contributed by atoms with E-state index in [0.717, 1.165) is 5.69 Å². The summed E-state index contributed by atoms with van der Waals surface area (Å²) in [7, 11) is 0. The summed E-state index contributed by atoms with van der Waals surface area (Å²) in [5, 5.41) is 11.6. The lowest BCUT2D eigenvalue weighted by Gasteiger charge is -2.13. The number of hydrogen-bond acceptors (Lipinski definition) is 4. The molecule has 0 aliphatic carbocycles. The van der Waals surface area contributed by atoms with Crippen LogP contribution < -0.4 is 5.32 Å². The van der Waals surface area contributed by atoms with Crippen LogP contribution in [0.4, 0.5) is 5.69 Å². The van der Waals surface area contributed by atoms with Crippen LogP contribution in [0.2, 0.25) is 0 Å². The molecule has 1 heterocycles. The predicted octanol–water partition coefficient (Wildman–Crippen LogP) is 4.40. The number of hydrogen-bond donors (Lipinski definition) is 1. The first-order valence-electron chi connectivity index (χ1n) is 7.90. The van der Waals surface area contributed by atoms with Gasteiger partial charge in [0.15, 0.2) is 0 Å². The molecular formula is C19H21N3O. The largest absolute Gasteiger partial charge is 0.423 e. The van der Waals surface area contributed by atoms with Gasteiger partial charge in [0, 0.05) is 5.69 Å². The summed E-state index contributed by atoms with van der Waals surface area (Å²) in [6.45, 7) is 4.90. The van der Waals surface area contributed by atoms with E-state index < -0.39 is 0 Å². The Balaban J connectivity index is 1.64. The standard InChI is InChI=1S/C19H21N3O/c1-14(2)16-10-6-7-11-17(16)20-13-19-22-21-18(23-19)12-15-8-4-3-5-9-15/h3-11,14,20H,12-13H2,1-2H3. The molecule has 0 saturated heterocycles. The van der Waals surface area contributed by atoms with E-state index in [1.165, 1.54) is 11.1 Å². The Hall–Kier alpha value is -2.62. The molecule has 0 spiro atoms. The molecule has 23 heavy (non-hydrogen) atoms. The van der Waals surface area contributed by atoms with E-state index in [0.29, 0.717) is 30.7 Å². The van der Waals surface area contributed by atoms with E-state index >= 15 is 0 Å². The summed E-state index contributed by atoms with van der Waals surface area (Å²) in [5.41, 5.74) is 3.57. The van der Waals surface area contributed by atoms with E-state index in [-0.39, 0.29) is 0 Å². The number of aromatic nitrogens is 2. The van der Waals surface area contributed by atoms with E-state index in [1.54, 1.807) is 0 Å². The summed E-state index contributed by atoms with van der Waals surface area (Å²) >= 11 is 0. The maximum Gasteiger partial charge on any atom is 0.235 e. The smallest absolute Gasteiger partial charge is 0.235 e. The molecule has 0 unspecified atom stereocenters. The molecule has 0 atom stereocenters. The van der Waals surface area contributed by atoms with Crippen molar-refractivity contribution in [2.24, 2.45) is 0 Å². The van der Waals surface area contributed by atoms with Crippen LogP contribution in [0, 0.1) is 0 Å². The van der Waals surface area contributed by atoms with Crippen LogP contribution in [-0.2, 0) is 13.0 Å². The molecule has 0 radical (unpaired) electrons. The Kier molecular flexibility index (Phi) is 4.71. The highest BCUT2D eigenvalue weighted by molar-refractivity contribution is 5.52. The molecule has 0 aliphatic rings. The van der Waals surface area contributed by atoms with Crippen LogP contribution in [0.5, 0.6) is 0 Å². The van der Waals surface area contributed by atoms with Crippen molar-refractivity contribution in [3.8, 4) is 0 Å². The van der Waals surface area contributed by atoms with Crippen LogP contribution in [-0.4, -0.2) is 10.2 Å². The number of para-hydroxylation sites is 1. The van der Waals surface area contributed by atoms with Gasteiger partial charge in [-0.15, -0.1) is 10.2 Å². The van der Waals surface area contributed by atoms with Crippen molar-refractivity contribution in [3.05, 3.63) is 77.5 Å². The zero-order chi connectivity index (χ0) is 16.1. The number of nitrogens with zero attached hydrogens (tertiary/aromatic N) is 2. The molecule has 2 aromatic carbocycles. The van der Waals surface area contributed by atoms with Gasteiger partial charge < -0.3 is 9.73 Å². The lowest BCUT2D eigenvalue weighted by Crippen LogP contribution is -2.03. The van der Waals surface area contributed by atoms with Gasteiger partial charge in [-0.3, -0.25) is 0 Å². The minimum absolute atomic E-state index is 0.468. The van der Waals surface area contributed by atoms with Gasteiger partial charge >= 0.3 is 0 Å². The van der Waals surface area contributed by atoms with E-state index in [2.05, 4.69) is 59.7 Å². The Morgan fingerprint density at radius 2 is 1.61 bits per heavy atom. The minimum Gasteiger partial charge on any atom is -0.423 e. The normalized spacial score (nSPS) is 10.9. The van der Waals surface area contributed by atoms with Crippen LogP contribution in [0.15, 0.2) is 59.0 Å². The molecule has 3 aromatic rings. The first-order valence-corrected chi connectivity index (χ1v) is 7.90. The van der Waals surface area contributed by atoms with E-state index in [1.807, 2.05) is 24.3 Å². The van der Waals surface area contributed by atoms with E-state index in [9.17, 15) is 0 Å². The first kappa shape index (κ1) is 15.3. The zero-order valence-electron chi connectivity index (χ0n) is 13.5. The molecule has 4 nitrogen and oxygen atoms in total. The Morgan fingerprint density at radius 1 is 0.913 bits per heavy atom. The fourth-order valence-corrected chi connectivity index (χ4v) is 2.53. The second kappa shape index (κ2) is 7.09. The SMILES string of the molecule is CC(C)c1ccccc1NCc1nnc(Cc2ccccc2)o1. The van der Waals surface area contributed by atoms with Crippen LogP contribution in [0.1, 0.15) is 42.7 Å². The highest BCUT2D eigenvalue weighted by Crippen LogP contribution is 2.24. The second-order valence-corrected chi connectivity index (χ2v) is 5.85. The molecule has 0 amide bonds. The quantitative estimate of drug-likeness (QED) is 0.733. The number of nitrogens with one attached hydrogen (secondary N) is 1. The van der Waals surface area contributed by atoms with Gasteiger partial charge in [-0.1, -0.05) is 62.4 Å². The third kappa shape index (κ3) is 3.97. The lowest BCUT2D eigenvalue weighted by molar-refractivity contribution is 0.464. The van der Waals surface area contributed by atoms with Crippen molar-refractivity contribution in [3.63, 3.8) is 0 Å². The number of anilines is 1. The number of rotatable bonds is 6. The van der Waals surface area contributed by atoms with Gasteiger partial charge in [-0.2, -0.15) is 0 Å². The first-order chi connectivity index (χ1) is 11.2. The molecule has 3 rings (SSSR count). The zero-order valence-corrected chi connectivity index (χ0v) is 13.5. The third-order valence-corrected chi connectivity index (χ3v) is 3.72. The van der Waals surface area contributed by atoms with Gasteiger partial charge in [-0.25, -0.2) is 0 Å². The molecule has 0 bridgehead atoms. The monoisotopic (exact) mass is 307 g/mol. The summed E-state index contributed by atoms with van der Waals surface area (Å²) < 4.78 is 5.72. The minimum atomic E-state index is 0.468. The fourth-order valence-electron chi connectivity index (χ4n) is 2.53. The molecule has 1 N–H and O–H groups in total. The maximum absolute atomic E-state index is 5.72. The highest BCUT2D eigenvalue weighted by atomic mass is 16.4. The van der Waals surface area contributed by atoms with Crippen molar-refractivity contribution in [2.45, 2.75) is 32.7 Å². The number of benzene rings is 2. The van der Waals surface area contributed by atoms with Crippen molar-refractivity contribution < 1.29 is 4.42 Å². The van der Waals surface area contributed by atoms with Gasteiger partial charge in [0.05, 0.1) is 13.0 Å². The second-order valence-electron chi connectivity index (χ2n) is 5.85. The van der Waals surface area contributed by atoms with Gasteiger partial charge in [0.1, 0.15) is 0 Å². The lowest BCUT2D eigenvalue weighted by atomic mass is 10.0. The van der Waals surface area contributed by atoms with Crippen LogP contribution >= 0.6 is 0 Å². The summed E-state index contributed by atoms with van der Waals surface area (Å²) in [4.78, 5) is 0. The molecule has 4 heteroatoms. The molecule has 0 saturated carbocycles. The average molecular weight is 307 g/mol. The Labute approximate surface area is 136 Å². The molecule has 0 aliphatic heterocycles. The summed E-state index contributed by atoms with van der Waals surface area (Å²) in [6, 6.07) is 18.4. The fraction of sp³-hybridized carbons (Fsp3) is 0.263. The molecular weight excluding hydrogens is 286 g/mol. The van der Waals surface area contributed by atoms with Crippen molar-refractivity contribution in [1.82, 2.24) is 10.2 Å². The third-order valence-electron chi connectivity index (χ3n) is 3.72. The van der Waals surface area contributed by atoms with Crippen LogP contribution in [0.25, 0.3) is 0 Å². The molecule has 1 aromatic heterocycles. The molecule has 0 fully saturated rings. The topological polar surface area (TPSA) is 51.0 Å². The Bertz CT molecular complexity index is 750. The van der Waals surface area contributed by atoms with Gasteiger partial charge in [-0.05, 0) is 23.1 Å². The van der Waals surface area contributed by atoms with Crippen molar-refractivity contribution in [2.75, 3.05) is 5.32 Å². The van der Waals surface area contributed by atoms with Crippen LogP contribution in [0.3, 0.4) is 0 Å². The summed E-state index contributed by atoms with van der Waals surface area (Å²) in [5.74, 6) is 1.72. The van der Waals surface area contributed by atoms with Gasteiger partial charge in [0.25, 0.3) is 0 Å². The predicted molar refractivity (Wildman–Crippen MR) is 91.4 cm³/mol. The maximum atomic E-state index is 5.72. The van der Waals surface area contributed by atoms with Crippen molar-refractivity contribution >= 4 is 5.69 Å². The summed E-state index contributed by atoms with van der Waals surface area (Å²) in [6.07, 6.45) is 0.663. The Morgan fingerprint density at radius 3 is 2.39 bits per heavy atom. The molecule has 118 valence electrons. The van der Waals surface area contributed by atoms with Gasteiger partial charge in [0.2, 0.25) is 11.8 Å².